The lowest BCUT2D eigenvalue weighted by Gasteiger charge is -2.24. The average Bonchev–Trinajstić information content (AvgIpc) is 3.18. The predicted molar refractivity (Wildman–Crippen MR) is 147 cm³/mol. The second-order valence-corrected chi connectivity index (χ2v) is 9.86. The lowest BCUT2D eigenvalue weighted by atomic mass is 9.96. The summed E-state index contributed by atoms with van der Waals surface area (Å²) < 4.78 is 22.5. The van der Waals surface area contributed by atoms with Gasteiger partial charge in [0.25, 0.3) is 5.56 Å². The van der Waals surface area contributed by atoms with Crippen LogP contribution in [0.25, 0.3) is 6.08 Å². The highest BCUT2D eigenvalue weighted by Crippen LogP contribution is 2.32. The van der Waals surface area contributed by atoms with Crippen LogP contribution in [-0.4, -0.2) is 35.1 Å². The van der Waals surface area contributed by atoms with Gasteiger partial charge in [-0.2, -0.15) is 0 Å². The van der Waals surface area contributed by atoms with Gasteiger partial charge in [-0.1, -0.05) is 23.5 Å². The predicted octanol–water partition coefficient (Wildman–Crippen LogP) is 2.57. The molecule has 212 valence electrons. The smallest absolute Gasteiger partial charge is 0.338 e. The molecule has 0 radical (unpaired) electrons. The summed E-state index contributed by atoms with van der Waals surface area (Å²) in [5.41, 5.74) is 1.08. The molecule has 0 saturated carbocycles. The van der Waals surface area contributed by atoms with E-state index in [9.17, 15) is 24.0 Å². The van der Waals surface area contributed by atoms with Gasteiger partial charge in [-0.3, -0.25) is 23.7 Å². The van der Waals surface area contributed by atoms with E-state index in [-0.39, 0.29) is 28.2 Å². The average molecular weight is 579 g/mol. The molecule has 1 aliphatic heterocycles. The van der Waals surface area contributed by atoms with Crippen LogP contribution in [0.4, 0.5) is 0 Å². The summed E-state index contributed by atoms with van der Waals surface area (Å²) in [5, 5.41) is 0. The first kappa shape index (κ1) is 29.2. The number of allylic oxidation sites excluding steroid dienone is 1. The van der Waals surface area contributed by atoms with Crippen LogP contribution in [0.1, 0.15) is 51.8 Å². The molecule has 4 rings (SSSR count). The summed E-state index contributed by atoms with van der Waals surface area (Å²) in [6, 6.07) is 10.0. The number of aromatic nitrogens is 1. The zero-order valence-electron chi connectivity index (χ0n) is 22.9. The van der Waals surface area contributed by atoms with Crippen molar-refractivity contribution < 1.29 is 38.1 Å². The summed E-state index contributed by atoms with van der Waals surface area (Å²) in [5.74, 6) is -1.69. The molecule has 1 unspecified atom stereocenters. The molecule has 0 amide bonds. The number of carbonyl (C=O) groups is 4. The standard InChI is InChI=1S/C29H26N2O9S/c1-6-37-28(36)25-15(2)30-29-31(26(25)19-7-10-21(11-8-19)38-16(3)32)27(35)24(41-29)13-20-9-12-22(39-17(4)33)14-23(20)40-18(5)34/h7-14,26H,6H2,1-5H3. The molecule has 1 aromatic heterocycles. The minimum absolute atomic E-state index is 0.0862. The number of carbonyl (C=O) groups excluding carboxylic acids is 4. The highest BCUT2D eigenvalue weighted by atomic mass is 32.1. The highest BCUT2D eigenvalue weighted by molar-refractivity contribution is 7.07. The molecule has 11 nitrogen and oxygen atoms in total. The van der Waals surface area contributed by atoms with Crippen molar-refractivity contribution in [3.05, 3.63) is 84.5 Å². The number of ether oxygens (including phenoxy) is 4. The maximum atomic E-state index is 13.9. The van der Waals surface area contributed by atoms with Crippen molar-refractivity contribution in [2.75, 3.05) is 6.61 Å². The third-order valence-corrected chi connectivity index (χ3v) is 6.74. The van der Waals surface area contributed by atoms with Crippen molar-refractivity contribution in [1.29, 1.82) is 0 Å². The topological polar surface area (TPSA) is 140 Å². The van der Waals surface area contributed by atoms with E-state index >= 15 is 0 Å². The first-order valence-corrected chi connectivity index (χ1v) is 13.3. The van der Waals surface area contributed by atoms with E-state index in [1.807, 2.05) is 0 Å². The minimum Gasteiger partial charge on any atom is -0.463 e. The van der Waals surface area contributed by atoms with Gasteiger partial charge < -0.3 is 18.9 Å². The van der Waals surface area contributed by atoms with Gasteiger partial charge in [-0.25, -0.2) is 9.79 Å². The van der Waals surface area contributed by atoms with Crippen LogP contribution >= 0.6 is 11.3 Å². The van der Waals surface area contributed by atoms with Crippen LogP contribution < -0.4 is 29.1 Å². The molecular formula is C29H26N2O9S. The summed E-state index contributed by atoms with van der Waals surface area (Å²) >= 11 is 1.09. The number of esters is 4. The van der Waals surface area contributed by atoms with Crippen LogP contribution in [0, 0.1) is 0 Å². The fraction of sp³-hybridized carbons (Fsp3) is 0.241. The van der Waals surface area contributed by atoms with Gasteiger partial charge in [-0.05, 0) is 49.8 Å². The van der Waals surface area contributed by atoms with Crippen LogP contribution in [-0.2, 0) is 23.9 Å². The molecule has 0 fully saturated rings. The van der Waals surface area contributed by atoms with Gasteiger partial charge in [0, 0.05) is 32.4 Å². The highest BCUT2D eigenvalue weighted by Gasteiger charge is 2.33. The Kier molecular flexibility index (Phi) is 8.62. The van der Waals surface area contributed by atoms with Crippen LogP contribution in [0.3, 0.4) is 0 Å². The quantitative estimate of drug-likeness (QED) is 0.306. The van der Waals surface area contributed by atoms with Gasteiger partial charge >= 0.3 is 23.9 Å². The molecule has 0 spiro atoms. The van der Waals surface area contributed by atoms with Crippen molar-refractivity contribution >= 4 is 41.3 Å². The maximum absolute atomic E-state index is 13.9. The van der Waals surface area contributed by atoms with Crippen molar-refractivity contribution in [2.45, 2.75) is 40.7 Å². The van der Waals surface area contributed by atoms with Crippen LogP contribution in [0.15, 0.2) is 63.5 Å². The van der Waals surface area contributed by atoms with Gasteiger partial charge in [0.1, 0.15) is 17.2 Å². The maximum Gasteiger partial charge on any atom is 0.338 e. The van der Waals surface area contributed by atoms with Gasteiger partial charge in [-0.15, -0.1) is 0 Å². The van der Waals surface area contributed by atoms with E-state index in [4.69, 9.17) is 18.9 Å². The number of hydrogen-bond acceptors (Lipinski definition) is 11. The Bertz CT molecular complexity index is 1760. The summed E-state index contributed by atoms with van der Waals surface area (Å²) in [4.78, 5) is 66.3. The van der Waals surface area contributed by atoms with E-state index in [0.717, 1.165) is 11.3 Å². The number of nitrogens with zero attached hydrogens (tertiary/aromatic N) is 2. The zero-order valence-corrected chi connectivity index (χ0v) is 23.7. The first-order valence-electron chi connectivity index (χ1n) is 12.5. The van der Waals surface area contributed by atoms with Gasteiger partial charge in [0.05, 0.1) is 28.5 Å². The van der Waals surface area contributed by atoms with E-state index in [0.29, 0.717) is 27.4 Å². The number of fused-ring (bicyclic) bond motifs is 1. The lowest BCUT2D eigenvalue weighted by molar-refractivity contribution is -0.139. The Hall–Kier alpha value is -4.84. The van der Waals surface area contributed by atoms with Gasteiger partial charge in [0.15, 0.2) is 4.80 Å². The molecule has 2 heterocycles. The fourth-order valence-electron chi connectivity index (χ4n) is 4.24. The minimum atomic E-state index is -0.877. The van der Waals surface area contributed by atoms with Crippen molar-refractivity contribution in [1.82, 2.24) is 4.57 Å². The van der Waals surface area contributed by atoms with E-state index < -0.39 is 35.5 Å². The lowest BCUT2D eigenvalue weighted by Crippen LogP contribution is -2.39. The normalized spacial score (nSPS) is 14.6. The molecule has 1 atom stereocenters. The van der Waals surface area contributed by atoms with Crippen molar-refractivity contribution in [2.24, 2.45) is 4.99 Å². The molecule has 2 aromatic carbocycles. The monoisotopic (exact) mass is 578 g/mol. The third-order valence-electron chi connectivity index (χ3n) is 5.76. The third kappa shape index (κ3) is 6.49. The van der Waals surface area contributed by atoms with Crippen LogP contribution in [0.2, 0.25) is 0 Å². The molecule has 0 aliphatic carbocycles. The van der Waals surface area contributed by atoms with E-state index in [1.54, 1.807) is 44.2 Å². The Morgan fingerprint density at radius 1 is 0.927 bits per heavy atom. The largest absolute Gasteiger partial charge is 0.463 e. The SMILES string of the molecule is CCOC(=O)C1=C(C)N=c2sc(=Cc3ccc(OC(C)=O)cc3OC(C)=O)c(=O)n2C1c1ccc(OC(C)=O)cc1. The molecule has 0 N–H and O–H groups in total. The molecule has 3 aromatic rings. The molecule has 0 bridgehead atoms. The van der Waals surface area contributed by atoms with Gasteiger partial charge in [0.2, 0.25) is 0 Å². The van der Waals surface area contributed by atoms with Crippen LogP contribution in [0.5, 0.6) is 17.2 Å². The molecule has 0 saturated heterocycles. The molecular weight excluding hydrogens is 552 g/mol. The Labute approximate surface area is 237 Å². The summed E-state index contributed by atoms with van der Waals surface area (Å²) in [6.07, 6.45) is 1.53. The number of rotatable bonds is 7. The first-order chi connectivity index (χ1) is 19.5. The number of hydrogen-bond donors (Lipinski definition) is 0. The second-order valence-electron chi connectivity index (χ2n) is 8.85. The van der Waals surface area contributed by atoms with Crippen molar-refractivity contribution in [3.8, 4) is 17.2 Å². The second kappa shape index (κ2) is 12.1. The van der Waals surface area contributed by atoms with E-state index in [1.165, 1.54) is 43.5 Å². The summed E-state index contributed by atoms with van der Waals surface area (Å²) in [7, 11) is 0. The molecule has 41 heavy (non-hydrogen) atoms. The van der Waals surface area contributed by atoms with Crippen molar-refractivity contribution in [3.63, 3.8) is 0 Å². The zero-order chi connectivity index (χ0) is 29.8. The fourth-order valence-corrected chi connectivity index (χ4v) is 5.28. The Balaban J connectivity index is 1.90. The summed E-state index contributed by atoms with van der Waals surface area (Å²) in [6.45, 7) is 7.22. The number of benzene rings is 2. The van der Waals surface area contributed by atoms with E-state index in [2.05, 4.69) is 4.99 Å². The number of thiazole rings is 1. The Morgan fingerprint density at radius 2 is 1.54 bits per heavy atom. The Morgan fingerprint density at radius 3 is 2.15 bits per heavy atom. The molecule has 12 heteroatoms. The molecule has 1 aliphatic rings.